The van der Waals surface area contributed by atoms with Crippen LogP contribution in [0.4, 0.5) is 10.2 Å². The number of nitrogens with zero attached hydrogens (tertiary/aromatic N) is 3. The number of aromatic amines is 1. The number of fused-ring (bicyclic) bond motifs is 1. The molecule has 30 heavy (non-hydrogen) atoms. The zero-order chi connectivity index (χ0) is 22.1. The number of pyridine rings is 1. The molecule has 0 aromatic carbocycles. The summed E-state index contributed by atoms with van der Waals surface area (Å²) in [5.41, 5.74) is 0.752. The Bertz CT molecular complexity index is 1120. The normalized spacial score (nSPS) is 13.9. The summed E-state index contributed by atoms with van der Waals surface area (Å²) in [5.74, 6) is -2.07. The lowest BCUT2D eigenvalue weighted by Crippen LogP contribution is -2.40. The maximum atomic E-state index is 14.5. The summed E-state index contributed by atoms with van der Waals surface area (Å²) < 4.78 is 26.6. The number of halogens is 2. The van der Waals surface area contributed by atoms with Crippen LogP contribution < -0.4 is 5.32 Å². The number of hydrogen-bond donors (Lipinski definition) is 3. The predicted molar refractivity (Wildman–Crippen MR) is 114 cm³/mol. The SMILES string of the molecule is CC(C)(C)[C@@H](CS(=O)CC(=O)O)Nc1nc(-c2c[nH]c3ncc(Cl)cc23)ncc1F. The molecular weight excluding hydrogens is 433 g/mol. The summed E-state index contributed by atoms with van der Waals surface area (Å²) in [5, 5.41) is 13.0. The molecule has 0 aliphatic rings. The molecule has 11 heteroatoms. The lowest BCUT2D eigenvalue weighted by Gasteiger charge is -2.31. The van der Waals surface area contributed by atoms with Crippen LogP contribution in [0.2, 0.25) is 5.02 Å². The molecule has 3 N–H and O–H groups in total. The van der Waals surface area contributed by atoms with Gasteiger partial charge in [-0.2, -0.15) is 0 Å². The molecule has 8 nitrogen and oxygen atoms in total. The molecule has 160 valence electrons. The lowest BCUT2D eigenvalue weighted by atomic mass is 9.88. The van der Waals surface area contributed by atoms with E-state index in [2.05, 4.69) is 25.3 Å². The van der Waals surface area contributed by atoms with Gasteiger partial charge in [0.15, 0.2) is 17.5 Å². The van der Waals surface area contributed by atoms with Crippen molar-refractivity contribution in [3.8, 4) is 11.4 Å². The van der Waals surface area contributed by atoms with Gasteiger partial charge in [0.2, 0.25) is 0 Å². The van der Waals surface area contributed by atoms with E-state index in [0.717, 1.165) is 6.20 Å². The van der Waals surface area contributed by atoms with E-state index in [9.17, 15) is 13.4 Å². The quantitative estimate of drug-likeness (QED) is 0.500. The largest absolute Gasteiger partial charge is 0.481 e. The van der Waals surface area contributed by atoms with Crippen LogP contribution in [0.25, 0.3) is 22.4 Å². The number of nitrogens with one attached hydrogen (secondary N) is 2. The molecule has 0 aliphatic heterocycles. The topological polar surface area (TPSA) is 121 Å². The van der Waals surface area contributed by atoms with Crippen molar-refractivity contribution < 1.29 is 18.5 Å². The van der Waals surface area contributed by atoms with Crippen LogP contribution in [-0.4, -0.2) is 52.8 Å². The third-order valence-corrected chi connectivity index (χ3v) is 5.96. The lowest BCUT2D eigenvalue weighted by molar-refractivity contribution is -0.133. The molecule has 2 atom stereocenters. The maximum Gasteiger partial charge on any atom is 0.316 e. The number of carboxylic acids is 1. The molecular formula is C19H21ClFN5O3S. The second kappa shape index (κ2) is 8.65. The highest BCUT2D eigenvalue weighted by Crippen LogP contribution is 2.29. The van der Waals surface area contributed by atoms with Crippen LogP contribution in [0.1, 0.15) is 20.8 Å². The van der Waals surface area contributed by atoms with Gasteiger partial charge in [0, 0.05) is 45.9 Å². The van der Waals surface area contributed by atoms with Gasteiger partial charge in [-0.25, -0.2) is 19.3 Å². The molecule has 3 aromatic rings. The van der Waals surface area contributed by atoms with Gasteiger partial charge < -0.3 is 15.4 Å². The van der Waals surface area contributed by atoms with Gasteiger partial charge in [0.25, 0.3) is 0 Å². The summed E-state index contributed by atoms with van der Waals surface area (Å²) in [7, 11) is -1.62. The zero-order valence-corrected chi connectivity index (χ0v) is 18.1. The third-order valence-electron chi connectivity index (χ3n) is 4.48. The monoisotopic (exact) mass is 453 g/mol. The van der Waals surface area contributed by atoms with Gasteiger partial charge in [-0.15, -0.1) is 0 Å². The molecule has 0 saturated heterocycles. The number of H-pyrrole nitrogens is 1. The highest BCUT2D eigenvalue weighted by molar-refractivity contribution is 7.85. The molecule has 0 radical (unpaired) electrons. The minimum Gasteiger partial charge on any atom is -0.481 e. The fourth-order valence-electron chi connectivity index (χ4n) is 2.82. The average molecular weight is 454 g/mol. The Kier molecular flexibility index (Phi) is 6.37. The second-order valence-electron chi connectivity index (χ2n) is 7.85. The van der Waals surface area contributed by atoms with Crippen molar-refractivity contribution in [3.63, 3.8) is 0 Å². The number of rotatable bonds is 7. The van der Waals surface area contributed by atoms with E-state index in [0.29, 0.717) is 21.6 Å². The molecule has 0 saturated carbocycles. The Morgan fingerprint density at radius 3 is 2.77 bits per heavy atom. The summed E-state index contributed by atoms with van der Waals surface area (Å²) in [4.78, 5) is 26.4. The number of carbonyl (C=O) groups is 1. The first-order valence-corrected chi connectivity index (χ1v) is 10.9. The minimum absolute atomic E-state index is 0.0290. The van der Waals surface area contributed by atoms with E-state index in [4.69, 9.17) is 16.7 Å². The standard InChI is InChI=1S/C19H21ClFN5O3S/c1-19(2,3)14(8-30(29)9-15(27)28)25-18-13(21)7-24-17(26-18)12-6-23-16-11(12)4-10(20)5-22-16/h4-7,14H,8-9H2,1-3H3,(H,22,23)(H,27,28)(H,24,25,26)/t14-,30?/m1/s1. The van der Waals surface area contributed by atoms with E-state index in [1.165, 1.54) is 6.20 Å². The van der Waals surface area contributed by atoms with Gasteiger partial charge in [-0.3, -0.25) is 9.00 Å². The van der Waals surface area contributed by atoms with E-state index < -0.39 is 39.8 Å². The van der Waals surface area contributed by atoms with Crippen LogP contribution in [0.5, 0.6) is 0 Å². The van der Waals surface area contributed by atoms with E-state index in [1.807, 2.05) is 20.8 Å². The summed E-state index contributed by atoms with van der Waals surface area (Å²) in [6.45, 7) is 5.65. The van der Waals surface area contributed by atoms with Gasteiger partial charge in [-0.05, 0) is 11.5 Å². The minimum atomic E-state index is -1.62. The van der Waals surface area contributed by atoms with Gasteiger partial charge >= 0.3 is 5.97 Å². The number of carboxylic acid groups (broad SMARTS) is 1. The van der Waals surface area contributed by atoms with Crippen molar-refractivity contribution in [3.05, 3.63) is 35.5 Å². The molecule has 1 unspecified atom stereocenters. The van der Waals surface area contributed by atoms with Crippen LogP contribution in [-0.2, 0) is 15.6 Å². The number of aromatic nitrogens is 4. The van der Waals surface area contributed by atoms with E-state index in [-0.39, 0.29) is 17.4 Å². The molecule has 0 bridgehead atoms. The number of hydrogen-bond acceptors (Lipinski definition) is 6. The maximum absolute atomic E-state index is 14.5. The molecule has 0 fully saturated rings. The summed E-state index contributed by atoms with van der Waals surface area (Å²) >= 11 is 6.03. The fraction of sp³-hybridized carbons (Fsp3) is 0.368. The van der Waals surface area contributed by atoms with Crippen molar-refractivity contribution in [2.45, 2.75) is 26.8 Å². The first kappa shape index (κ1) is 22.1. The molecule has 3 rings (SSSR count). The van der Waals surface area contributed by atoms with Crippen molar-refractivity contribution in [2.24, 2.45) is 5.41 Å². The summed E-state index contributed by atoms with van der Waals surface area (Å²) in [6.07, 6.45) is 4.22. The number of aliphatic carboxylic acids is 1. The van der Waals surface area contributed by atoms with Gasteiger partial charge in [0.05, 0.1) is 11.2 Å². The van der Waals surface area contributed by atoms with Crippen LogP contribution in [0.3, 0.4) is 0 Å². The smallest absolute Gasteiger partial charge is 0.316 e. The zero-order valence-electron chi connectivity index (χ0n) is 16.6. The van der Waals surface area contributed by atoms with Crippen molar-refractivity contribution in [1.29, 1.82) is 0 Å². The van der Waals surface area contributed by atoms with Crippen molar-refractivity contribution in [2.75, 3.05) is 16.8 Å². The van der Waals surface area contributed by atoms with Crippen LogP contribution >= 0.6 is 11.6 Å². The second-order valence-corrected chi connectivity index (χ2v) is 9.79. The van der Waals surface area contributed by atoms with Crippen molar-refractivity contribution >= 4 is 45.2 Å². The molecule has 3 heterocycles. The van der Waals surface area contributed by atoms with Gasteiger partial charge in [0.1, 0.15) is 11.4 Å². The predicted octanol–water partition coefficient (Wildman–Crippen LogP) is 3.47. The van der Waals surface area contributed by atoms with E-state index in [1.54, 1.807) is 12.3 Å². The first-order valence-electron chi connectivity index (χ1n) is 9.03. The Labute approximate surface area is 179 Å². The van der Waals surface area contributed by atoms with Crippen molar-refractivity contribution in [1.82, 2.24) is 19.9 Å². The Hall–Kier alpha value is -2.59. The molecule has 0 spiro atoms. The van der Waals surface area contributed by atoms with Crippen LogP contribution in [0, 0.1) is 11.2 Å². The molecule has 0 aliphatic carbocycles. The fourth-order valence-corrected chi connectivity index (χ4v) is 4.32. The Morgan fingerprint density at radius 1 is 1.37 bits per heavy atom. The van der Waals surface area contributed by atoms with Crippen LogP contribution in [0.15, 0.2) is 24.7 Å². The highest BCUT2D eigenvalue weighted by Gasteiger charge is 2.28. The molecule has 3 aromatic heterocycles. The summed E-state index contributed by atoms with van der Waals surface area (Å²) in [6, 6.07) is 1.22. The third kappa shape index (κ3) is 5.11. The Balaban J connectivity index is 1.94. The molecule has 0 amide bonds. The van der Waals surface area contributed by atoms with E-state index >= 15 is 0 Å². The first-order chi connectivity index (χ1) is 14.0. The highest BCUT2D eigenvalue weighted by atomic mass is 35.5. The number of anilines is 1. The average Bonchev–Trinajstić information content (AvgIpc) is 3.04. The Morgan fingerprint density at radius 2 is 2.10 bits per heavy atom. The van der Waals surface area contributed by atoms with Gasteiger partial charge in [-0.1, -0.05) is 32.4 Å².